The minimum atomic E-state index is -0.392. The Kier molecular flexibility index (Phi) is 4.72. The minimum Gasteiger partial charge on any atom is -0.383 e. The SMILES string of the molecule is CCOCCNc1ccc([N+](=O)[O-])cc1C. The predicted molar refractivity (Wildman–Crippen MR) is 62.8 cm³/mol. The highest BCUT2D eigenvalue weighted by Gasteiger charge is 2.07. The third kappa shape index (κ3) is 3.51. The molecule has 0 saturated heterocycles. The first-order chi connectivity index (χ1) is 7.65. The number of benzene rings is 1. The number of hydrogen-bond acceptors (Lipinski definition) is 4. The summed E-state index contributed by atoms with van der Waals surface area (Å²) in [5, 5.41) is 13.7. The van der Waals surface area contributed by atoms with E-state index in [1.54, 1.807) is 12.1 Å². The third-order valence-corrected chi connectivity index (χ3v) is 2.19. The van der Waals surface area contributed by atoms with Gasteiger partial charge in [0.25, 0.3) is 5.69 Å². The number of nitro benzene ring substituents is 1. The molecule has 1 rings (SSSR count). The van der Waals surface area contributed by atoms with Gasteiger partial charge in [0.05, 0.1) is 11.5 Å². The van der Waals surface area contributed by atoms with E-state index in [9.17, 15) is 10.1 Å². The number of hydrogen-bond donors (Lipinski definition) is 1. The lowest BCUT2D eigenvalue weighted by molar-refractivity contribution is -0.384. The molecule has 5 heteroatoms. The van der Waals surface area contributed by atoms with Gasteiger partial charge in [0, 0.05) is 31.0 Å². The van der Waals surface area contributed by atoms with Gasteiger partial charge in [-0.15, -0.1) is 0 Å². The van der Waals surface area contributed by atoms with Crippen LogP contribution >= 0.6 is 0 Å². The van der Waals surface area contributed by atoms with Crippen LogP contribution < -0.4 is 5.32 Å². The number of nitro groups is 1. The Bertz CT molecular complexity index is 366. The number of aryl methyl sites for hydroxylation is 1. The highest BCUT2D eigenvalue weighted by Crippen LogP contribution is 2.20. The van der Waals surface area contributed by atoms with Gasteiger partial charge in [-0.1, -0.05) is 0 Å². The van der Waals surface area contributed by atoms with Crippen molar-refractivity contribution in [1.29, 1.82) is 0 Å². The lowest BCUT2D eigenvalue weighted by Gasteiger charge is -2.08. The first-order valence-electron chi connectivity index (χ1n) is 5.21. The fraction of sp³-hybridized carbons (Fsp3) is 0.455. The summed E-state index contributed by atoms with van der Waals surface area (Å²) in [6, 6.07) is 4.78. The van der Waals surface area contributed by atoms with Gasteiger partial charge in [-0.25, -0.2) is 0 Å². The zero-order valence-electron chi connectivity index (χ0n) is 9.53. The van der Waals surface area contributed by atoms with Crippen molar-refractivity contribution in [3.05, 3.63) is 33.9 Å². The topological polar surface area (TPSA) is 64.4 Å². The molecule has 0 heterocycles. The summed E-state index contributed by atoms with van der Waals surface area (Å²) in [6.45, 7) is 5.81. The summed E-state index contributed by atoms with van der Waals surface area (Å²) >= 11 is 0. The molecule has 0 radical (unpaired) electrons. The molecule has 0 aliphatic carbocycles. The molecule has 0 spiro atoms. The molecule has 0 saturated carbocycles. The molecule has 5 nitrogen and oxygen atoms in total. The van der Waals surface area contributed by atoms with Crippen molar-refractivity contribution in [2.75, 3.05) is 25.1 Å². The number of non-ortho nitro benzene ring substituents is 1. The maximum atomic E-state index is 10.5. The van der Waals surface area contributed by atoms with Crippen molar-refractivity contribution in [3.63, 3.8) is 0 Å². The van der Waals surface area contributed by atoms with Crippen molar-refractivity contribution < 1.29 is 9.66 Å². The van der Waals surface area contributed by atoms with Gasteiger partial charge in [0.2, 0.25) is 0 Å². The van der Waals surface area contributed by atoms with Crippen LogP contribution in [0.15, 0.2) is 18.2 Å². The predicted octanol–water partition coefficient (Wildman–Crippen LogP) is 2.35. The molecule has 0 aliphatic rings. The number of ether oxygens (including phenoxy) is 1. The van der Waals surface area contributed by atoms with E-state index in [1.807, 2.05) is 13.8 Å². The Morgan fingerprint density at radius 1 is 1.50 bits per heavy atom. The van der Waals surface area contributed by atoms with Gasteiger partial charge in [-0.2, -0.15) is 0 Å². The Hall–Kier alpha value is -1.62. The second-order valence-corrected chi connectivity index (χ2v) is 3.38. The summed E-state index contributed by atoms with van der Waals surface area (Å²) in [7, 11) is 0. The van der Waals surface area contributed by atoms with Crippen LogP contribution in [0.4, 0.5) is 11.4 Å². The van der Waals surface area contributed by atoms with E-state index < -0.39 is 4.92 Å². The molecule has 0 bridgehead atoms. The fourth-order valence-electron chi connectivity index (χ4n) is 1.36. The fourth-order valence-corrected chi connectivity index (χ4v) is 1.36. The Morgan fingerprint density at radius 2 is 2.25 bits per heavy atom. The Morgan fingerprint density at radius 3 is 2.81 bits per heavy atom. The maximum absolute atomic E-state index is 10.5. The second kappa shape index (κ2) is 6.07. The zero-order chi connectivity index (χ0) is 12.0. The molecule has 88 valence electrons. The summed E-state index contributed by atoms with van der Waals surface area (Å²) in [4.78, 5) is 10.1. The van der Waals surface area contributed by atoms with Crippen LogP contribution in [0.2, 0.25) is 0 Å². The van der Waals surface area contributed by atoms with E-state index >= 15 is 0 Å². The maximum Gasteiger partial charge on any atom is 0.269 e. The summed E-state index contributed by atoms with van der Waals surface area (Å²) in [5.41, 5.74) is 1.89. The van der Waals surface area contributed by atoms with Gasteiger partial charge in [0.1, 0.15) is 0 Å². The lowest BCUT2D eigenvalue weighted by atomic mass is 10.2. The molecule has 0 fully saturated rings. The van der Waals surface area contributed by atoms with Crippen LogP contribution in [0, 0.1) is 17.0 Å². The van der Waals surface area contributed by atoms with E-state index in [0.717, 1.165) is 11.3 Å². The average molecular weight is 224 g/mol. The summed E-state index contributed by atoms with van der Waals surface area (Å²) in [5.74, 6) is 0. The van der Waals surface area contributed by atoms with E-state index in [1.165, 1.54) is 6.07 Å². The molecule has 0 aliphatic heterocycles. The molecular formula is C11H16N2O3. The lowest BCUT2D eigenvalue weighted by Crippen LogP contribution is -2.10. The van der Waals surface area contributed by atoms with E-state index in [4.69, 9.17) is 4.74 Å². The van der Waals surface area contributed by atoms with Crippen molar-refractivity contribution in [2.24, 2.45) is 0 Å². The molecule has 0 atom stereocenters. The van der Waals surface area contributed by atoms with Crippen LogP contribution in [0.1, 0.15) is 12.5 Å². The van der Waals surface area contributed by atoms with Crippen LogP contribution in [0.25, 0.3) is 0 Å². The van der Waals surface area contributed by atoms with Crippen LogP contribution in [0.5, 0.6) is 0 Å². The normalized spacial score (nSPS) is 10.1. The van der Waals surface area contributed by atoms with E-state index in [0.29, 0.717) is 19.8 Å². The van der Waals surface area contributed by atoms with Crippen LogP contribution in [-0.4, -0.2) is 24.7 Å². The number of rotatable bonds is 6. The van der Waals surface area contributed by atoms with Gasteiger partial charge in [0.15, 0.2) is 0 Å². The minimum absolute atomic E-state index is 0.118. The quantitative estimate of drug-likeness (QED) is 0.457. The number of anilines is 1. The van der Waals surface area contributed by atoms with Crippen LogP contribution in [0.3, 0.4) is 0 Å². The first-order valence-corrected chi connectivity index (χ1v) is 5.21. The van der Waals surface area contributed by atoms with Crippen molar-refractivity contribution in [3.8, 4) is 0 Å². The standard InChI is InChI=1S/C11H16N2O3/c1-3-16-7-6-12-11-5-4-10(13(14)15)8-9(11)2/h4-5,8,12H,3,6-7H2,1-2H3. The molecule has 0 amide bonds. The third-order valence-electron chi connectivity index (χ3n) is 2.19. The number of nitrogens with one attached hydrogen (secondary N) is 1. The van der Waals surface area contributed by atoms with Gasteiger partial charge in [-0.3, -0.25) is 10.1 Å². The van der Waals surface area contributed by atoms with E-state index in [-0.39, 0.29) is 5.69 Å². The summed E-state index contributed by atoms with van der Waals surface area (Å²) < 4.78 is 5.19. The first kappa shape index (κ1) is 12.4. The number of nitrogens with zero attached hydrogens (tertiary/aromatic N) is 1. The largest absolute Gasteiger partial charge is 0.383 e. The average Bonchev–Trinajstić information content (AvgIpc) is 2.26. The van der Waals surface area contributed by atoms with E-state index in [2.05, 4.69) is 5.32 Å². The van der Waals surface area contributed by atoms with Crippen molar-refractivity contribution >= 4 is 11.4 Å². The highest BCUT2D eigenvalue weighted by molar-refractivity contribution is 5.55. The van der Waals surface area contributed by atoms with Gasteiger partial charge in [-0.05, 0) is 25.5 Å². The molecule has 16 heavy (non-hydrogen) atoms. The molecule has 1 aromatic carbocycles. The Balaban J connectivity index is 2.57. The van der Waals surface area contributed by atoms with Gasteiger partial charge >= 0.3 is 0 Å². The molecule has 1 aromatic rings. The second-order valence-electron chi connectivity index (χ2n) is 3.38. The molecule has 1 N–H and O–H groups in total. The molecular weight excluding hydrogens is 208 g/mol. The van der Waals surface area contributed by atoms with Crippen LogP contribution in [-0.2, 0) is 4.74 Å². The smallest absolute Gasteiger partial charge is 0.269 e. The van der Waals surface area contributed by atoms with Crippen molar-refractivity contribution in [1.82, 2.24) is 0 Å². The Labute approximate surface area is 94.6 Å². The zero-order valence-corrected chi connectivity index (χ0v) is 9.53. The summed E-state index contributed by atoms with van der Waals surface area (Å²) in [6.07, 6.45) is 0. The molecule has 0 aromatic heterocycles. The highest BCUT2D eigenvalue weighted by atomic mass is 16.6. The monoisotopic (exact) mass is 224 g/mol. The molecule has 0 unspecified atom stereocenters. The van der Waals surface area contributed by atoms with Crippen molar-refractivity contribution in [2.45, 2.75) is 13.8 Å². The van der Waals surface area contributed by atoms with Gasteiger partial charge < -0.3 is 10.1 Å².